The lowest BCUT2D eigenvalue weighted by Gasteiger charge is -2.32. The number of aryl methyl sites for hydroxylation is 1. The first-order chi connectivity index (χ1) is 14.0. The van der Waals surface area contributed by atoms with Gasteiger partial charge < -0.3 is 19.9 Å². The Balaban J connectivity index is 1.31. The maximum Gasteiger partial charge on any atom is 0.257 e. The molecule has 1 atom stereocenters. The molecule has 4 rings (SSSR count). The number of aromatic nitrogens is 4. The number of carbonyl (C=O) groups is 2. The van der Waals surface area contributed by atoms with Crippen LogP contribution < -0.4 is 5.32 Å². The van der Waals surface area contributed by atoms with E-state index in [-0.39, 0.29) is 30.8 Å². The van der Waals surface area contributed by atoms with Crippen molar-refractivity contribution in [2.45, 2.75) is 19.4 Å². The minimum Gasteiger partial charge on any atom is -0.365 e. The Morgan fingerprint density at radius 3 is 3.07 bits per heavy atom. The fourth-order valence-electron chi connectivity index (χ4n) is 3.30. The third-order valence-corrected chi connectivity index (χ3v) is 4.86. The Morgan fingerprint density at radius 1 is 1.41 bits per heavy atom. The molecule has 0 bridgehead atoms. The van der Waals surface area contributed by atoms with Crippen molar-refractivity contribution in [2.24, 2.45) is 0 Å². The number of fused-ring (bicyclic) bond motifs is 1. The zero-order valence-electron chi connectivity index (χ0n) is 15.9. The fourth-order valence-corrected chi connectivity index (χ4v) is 3.30. The summed E-state index contributed by atoms with van der Waals surface area (Å²) in [6.45, 7) is 3.00. The summed E-state index contributed by atoms with van der Waals surface area (Å²) in [6, 6.07) is 4.34. The van der Waals surface area contributed by atoms with E-state index in [1.807, 2.05) is 0 Å². The van der Waals surface area contributed by atoms with Crippen LogP contribution in [-0.2, 0) is 16.0 Å². The van der Waals surface area contributed by atoms with E-state index < -0.39 is 6.10 Å². The van der Waals surface area contributed by atoms with Gasteiger partial charge in [-0.2, -0.15) is 5.10 Å². The van der Waals surface area contributed by atoms with Crippen LogP contribution in [0.1, 0.15) is 21.9 Å². The molecule has 1 unspecified atom stereocenters. The van der Waals surface area contributed by atoms with Gasteiger partial charge in [0.1, 0.15) is 11.6 Å². The number of nitrogens with one attached hydrogen (secondary N) is 3. The van der Waals surface area contributed by atoms with Crippen LogP contribution in [0.4, 0.5) is 4.39 Å². The Hall–Kier alpha value is -3.27. The van der Waals surface area contributed by atoms with Crippen LogP contribution in [-0.4, -0.2) is 69.2 Å². The van der Waals surface area contributed by atoms with E-state index in [4.69, 9.17) is 4.74 Å². The minimum absolute atomic E-state index is 0.174. The number of carbonyl (C=O) groups excluding carboxylic acids is 2. The largest absolute Gasteiger partial charge is 0.365 e. The topological polar surface area (TPSA) is 116 Å². The van der Waals surface area contributed by atoms with Gasteiger partial charge in [0.25, 0.3) is 11.8 Å². The standard InChI is InChI=1S/C19H21FN6O3/c1-11-13(9-22-25-11)19(28)26-6-7-29-16(10-26)18(27)21-5-4-17-23-14-3-2-12(20)8-15(14)24-17/h2-3,8-9,16H,4-7,10H2,1H3,(H,21,27)(H,22,25)(H,23,24). The molecule has 1 saturated heterocycles. The molecular formula is C19H21FN6O3. The number of hydrogen-bond donors (Lipinski definition) is 3. The molecule has 3 aromatic rings. The van der Waals surface area contributed by atoms with Crippen molar-refractivity contribution in [3.05, 3.63) is 47.3 Å². The van der Waals surface area contributed by atoms with Gasteiger partial charge in [-0.1, -0.05) is 0 Å². The molecule has 9 nitrogen and oxygen atoms in total. The SMILES string of the molecule is Cc1[nH]ncc1C(=O)N1CCOC(C(=O)NCCc2nc3ccc(F)cc3[nH]2)C1. The van der Waals surface area contributed by atoms with Gasteiger partial charge >= 0.3 is 0 Å². The zero-order valence-corrected chi connectivity index (χ0v) is 15.9. The number of amides is 2. The molecule has 1 aliphatic rings. The third kappa shape index (κ3) is 4.11. The summed E-state index contributed by atoms with van der Waals surface area (Å²) >= 11 is 0. The Kier molecular flexibility index (Phi) is 5.26. The summed E-state index contributed by atoms with van der Waals surface area (Å²) in [7, 11) is 0. The average molecular weight is 400 g/mol. The first-order valence-corrected chi connectivity index (χ1v) is 9.34. The molecule has 0 saturated carbocycles. The van der Waals surface area contributed by atoms with Crippen LogP contribution in [0.25, 0.3) is 11.0 Å². The fraction of sp³-hybridized carbons (Fsp3) is 0.368. The quantitative estimate of drug-likeness (QED) is 0.589. The highest BCUT2D eigenvalue weighted by Crippen LogP contribution is 2.14. The van der Waals surface area contributed by atoms with Crippen LogP contribution in [0.3, 0.4) is 0 Å². The van der Waals surface area contributed by atoms with Crippen LogP contribution in [0, 0.1) is 12.7 Å². The highest BCUT2D eigenvalue weighted by Gasteiger charge is 2.30. The molecule has 1 fully saturated rings. The first-order valence-electron chi connectivity index (χ1n) is 9.34. The molecule has 0 spiro atoms. The number of nitrogens with zero attached hydrogens (tertiary/aromatic N) is 3. The van der Waals surface area contributed by atoms with E-state index in [2.05, 4.69) is 25.5 Å². The van der Waals surface area contributed by atoms with Crippen molar-refractivity contribution in [3.63, 3.8) is 0 Å². The van der Waals surface area contributed by atoms with Crippen molar-refractivity contribution in [2.75, 3.05) is 26.2 Å². The molecule has 1 aliphatic heterocycles. The van der Waals surface area contributed by atoms with E-state index >= 15 is 0 Å². The predicted octanol–water partition coefficient (Wildman–Crippen LogP) is 0.933. The number of rotatable bonds is 5. The summed E-state index contributed by atoms with van der Waals surface area (Å²) in [5.41, 5.74) is 2.47. The summed E-state index contributed by atoms with van der Waals surface area (Å²) in [5, 5.41) is 9.42. The molecule has 2 amide bonds. The lowest BCUT2D eigenvalue weighted by molar-refractivity contribution is -0.137. The van der Waals surface area contributed by atoms with Gasteiger partial charge in [0, 0.05) is 25.2 Å². The molecule has 29 heavy (non-hydrogen) atoms. The normalized spacial score (nSPS) is 16.9. The second-order valence-electron chi connectivity index (χ2n) is 6.91. The van der Waals surface area contributed by atoms with Crippen molar-refractivity contribution in [1.29, 1.82) is 0 Å². The monoisotopic (exact) mass is 400 g/mol. The van der Waals surface area contributed by atoms with Gasteiger partial charge in [0.05, 0.1) is 35.9 Å². The van der Waals surface area contributed by atoms with Gasteiger partial charge in [0.2, 0.25) is 0 Å². The smallest absolute Gasteiger partial charge is 0.257 e. The van der Waals surface area contributed by atoms with Crippen LogP contribution in [0.5, 0.6) is 0 Å². The number of imidazole rings is 1. The molecule has 3 heterocycles. The van der Waals surface area contributed by atoms with Gasteiger partial charge in [-0.05, 0) is 25.1 Å². The Bertz CT molecular complexity index is 1050. The van der Waals surface area contributed by atoms with Gasteiger partial charge in [-0.15, -0.1) is 0 Å². The van der Waals surface area contributed by atoms with E-state index in [1.54, 1.807) is 17.9 Å². The van der Waals surface area contributed by atoms with Crippen LogP contribution in [0.15, 0.2) is 24.4 Å². The summed E-state index contributed by atoms with van der Waals surface area (Å²) in [4.78, 5) is 34.1. The molecule has 0 radical (unpaired) electrons. The molecule has 0 aliphatic carbocycles. The molecule has 3 N–H and O–H groups in total. The third-order valence-electron chi connectivity index (χ3n) is 4.86. The maximum absolute atomic E-state index is 13.3. The van der Waals surface area contributed by atoms with Crippen molar-refractivity contribution >= 4 is 22.8 Å². The van der Waals surface area contributed by atoms with Crippen molar-refractivity contribution < 1.29 is 18.7 Å². The maximum atomic E-state index is 13.3. The predicted molar refractivity (Wildman–Crippen MR) is 102 cm³/mol. The lowest BCUT2D eigenvalue weighted by Crippen LogP contribution is -2.51. The summed E-state index contributed by atoms with van der Waals surface area (Å²) in [5.74, 6) is -0.136. The van der Waals surface area contributed by atoms with E-state index in [0.29, 0.717) is 47.6 Å². The number of ether oxygens (including phenoxy) is 1. The highest BCUT2D eigenvalue weighted by atomic mass is 19.1. The van der Waals surface area contributed by atoms with E-state index in [9.17, 15) is 14.0 Å². The number of morpholine rings is 1. The van der Waals surface area contributed by atoms with Crippen LogP contribution in [0.2, 0.25) is 0 Å². The minimum atomic E-state index is -0.732. The summed E-state index contributed by atoms with van der Waals surface area (Å²) in [6.07, 6.45) is 1.22. The first kappa shape index (κ1) is 19.1. The second-order valence-corrected chi connectivity index (χ2v) is 6.91. The number of halogens is 1. The number of hydrogen-bond acceptors (Lipinski definition) is 5. The van der Waals surface area contributed by atoms with Gasteiger partial charge in [0.15, 0.2) is 6.10 Å². The van der Waals surface area contributed by atoms with Gasteiger partial charge in [-0.25, -0.2) is 9.37 Å². The van der Waals surface area contributed by atoms with Crippen LogP contribution >= 0.6 is 0 Å². The van der Waals surface area contributed by atoms with Crippen molar-refractivity contribution in [1.82, 2.24) is 30.4 Å². The molecule has 1 aromatic carbocycles. The zero-order chi connectivity index (χ0) is 20.4. The second kappa shape index (κ2) is 8.00. The van der Waals surface area contributed by atoms with E-state index in [0.717, 1.165) is 0 Å². The number of aromatic amines is 2. The number of H-pyrrole nitrogens is 2. The lowest BCUT2D eigenvalue weighted by atomic mass is 10.2. The Labute approximate surface area is 165 Å². The highest BCUT2D eigenvalue weighted by molar-refractivity contribution is 5.95. The average Bonchev–Trinajstić information content (AvgIpc) is 3.32. The van der Waals surface area contributed by atoms with Gasteiger partial charge in [-0.3, -0.25) is 14.7 Å². The van der Waals surface area contributed by atoms with Crippen molar-refractivity contribution in [3.8, 4) is 0 Å². The molecule has 2 aromatic heterocycles. The molecular weight excluding hydrogens is 379 g/mol. The Morgan fingerprint density at radius 2 is 2.28 bits per heavy atom. The van der Waals surface area contributed by atoms with E-state index in [1.165, 1.54) is 18.3 Å². The molecule has 10 heteroatoms. The molecule has 152 valence electrons. The summed E-state index contributed by atoms with van der Waals surface area (Å²) < 4.78 is 18.8. The number of benzene rings is 1.